The van der Waals surface area contributed by atoms with Gasteiger partial charge in [0.05, 0.1) is 12.6 Å². The summed E-state index contributed by atoms with van der Waals surface area (Å²) in [5, 5.41) is 18.3. The van der Waals surface area contributed by atoms with Crippen LogP contribution >= 0.6 is 11.6 Å². The number of H-pyrrole nitrogens is 1. The van der Waals surface area contributed by atoms with E-state index in [9.17, 15) is 9.90 Å². The van der Waals surface area contributed by atoms with Crippen LogP contribution in [0.3, 0.4) is 0 Å². The highest BCUT2D eigenvalue weighted by Crippen LogP contribution is 2.45. The third-order valence-electron chi connectivity index (χ3n) is 5.79. The van der Waals surface area contributed by atoms with Gasteiger partial charge in [-0.05, 0) is 48.7 Å². The Balaban J connectivity index is 1.76. The summed E-state index contributed by atoms with van der Waals surface area (Å²) in [5.74, 6) is 0.801. The summed E-state index contributed by atoms with van der Waals surface area (Å²) in [6.07, 6.45) is 3.97. The molecule has 1 aromatic heterocycles. The Bertz CT molecular complexity index is 1090. The number of amides is 1. The standard InChI is InChI=1S/C25H28ClN3O3/c1-3-5-13-29-24(16-7-10-18(11-8-16)32-14-6-4-2)21-22(27-28-23(21)25(29)31)19-15-17(26)9-12-20(19)30/h7-12,15,24,30H,3-6,13-14H2,1-2H3,(H,27,28). The number of aromatic nitrogens is 2. The van der Waals surface area contributed by atoms with Gasteiger partial charge in [0.15, 0.2) is 0 Å². The summed E-state index contributed by atoms with van der Waals surface area (Å²) >= 11 is 6.19. The average molecular weight is 454 g/mol. The van der Waals surface area contributed by atoms with Crippen molar-refractivity contribution in [3.05, 3.63) is 64.3 Å². The second kappa shape index (κ2) is 9.65. The number of carbonyl (C=O) groups is 1. The lowest BCUT2D eigenvalue weighted by molar-refractivity contribution is 0.0741. The van der Waals surface area contributed by atoms with Gasteiger partial charge < -0.3 is 14.7 Å². The van der Waals surface area contributed by atoms with Crippen molar-refractivity contribution >= 4 is 17.5 Å². The summed E-state index contributed by atoms with van der Waals surface area (Å²) in [6.45, 7) is 5.56. The van der Waals surface area contributed by atoms with Crippen molar-refractivity contribution in [2.24, 2.45) is 0 Å². The van der Waals surface area contributed by atoms with E-state index in [1.165, 1.54) is 0 Å². The van der Waals surface area contributed by atoms with Gasteiger partial charge >= 0.3 is 0 Å². The van der Waals surface area contributed by atoms with Crippen LogP contribution < -0.4 is 4.74 Å². The molecule has 2 heterocycles. The molecule has 0 fully saturated rings. The van der Waals surface area contributed by atoms with Crippen LogP contribution in [0, 0.1) is 0 Å². The van der Waals surface area contributed by atoms with Gasteiger partial charge in [-0.15, -0.1) is 0 Å². The van der Waals surface area contributed by atoms with Crippen LogP contribution in [-0.2, 0) is 0 Å². The van der Waals surface area contributed by atoms with E-state index in [1.807, 2.05) is 29.2 Å². The predicted molar refractivity (Wildman–Crippen MR) is 125 cm³/mol. The van der Waals surface area contributed by atoms with E-state index in [0.29, 0.717) is 35.1 Å². The van der Waals surface area contributed by atoms with E-state index in [4.69, 9.17) is 16.3 Å². The van der Waals surface area contributed by atoms with Crippen molar-refractivity contribution in [3.63, 3.8) is 0 Å². The monoisotopic (exact) mass is 453 g/mol. The third-order valence-corrected chi connectivity index (χ3v) is 6.03. The van der Waals surface area contributed by atoms with Crippen molar-refractivity contribution in [2.75, 3.05) is 13.2 Å². The number of aromatic amines is 1. The number of rotatable bonds is 9. The molecular weight excluding hydrogens is 426 g/mol. The largest absolute Gasteiger partial charge is 0.507 e. The maximum Gasteiger partial charge on any atom is 0.273 e. The molecule has 1 aliphatic heterocycles. The molecule has 1 atom stereocenters. The first kappa shape index (κ1) is 22.2. The molecule has 0 saturated heterocycles. The normalized spacial score (nSPS) is 15.3. The van der Waals surface area contributed by atoms with E-state index >= 15 is 0 Å². The van der Waals surface area contributed by atoms with Crippen LogP contribution in [-0.4, -0.2) is 39.3 Å². The lowest BCUT2D eigenvalue weighted by Gasteiger charge is -2.26. The number of benzene rings is 2. The number of phenols is 1. The zero-order chi connectivity index (χ0) is 22.7. The summed E-state index contributed by atoms with van der Waals surface area (Å²) < 4.78 is 5.81. The Morgan fingerprint density at radius 1 is 1.12 bits per heavy atom. The third kappa shape index (κ3) is 4.19. The minimum atomic E-state index is -0.305. The molecule has 1 unspecified atom stereocenters. The van der Waals surface area contributed by atoms with Gasteiger partial charge in [-0.3, -0.25) is 9.89 Å². The van der Waals surface area contributed by atoms with Crippen LogP contribution in [0.1, 0.15) is 67.2 Å². The Morgan fingerprint density at radius 2 is 1.88 bits per heavy atom. The van der Waals surface area contributed by atoms with Gasteiger partial charge in [0, 0.05) is 22.7 Å². The predicted octanol–water partition coefficient (Wildman–Crippen LogP) is 5.96. The van der Waals surface area contributed by atoms with Gasteiger partial charge in [-0.1, -0.05) is 50.4 Å². The number of fused-ring (bicyclic) bond motifs is 1. The number of nitrogens with one attached hydrogen (secondary N) is 1. The Labute approximate surface area is 193 Å². The number of hydrogen-bond donors (Lipinski definition) is 2. The van der Waals surface area contributed by atoms with Crippen LogP contribution in [0.4, 0.5) is 0 Å². The molecule has 168 valence electrons. The Hall–Kier alpha value is -2.99. The highest BCUT2D eigenvalue weighted by Gasteiger charge is 2.42. The topological polar surface area (TPSA) is 78.5 Å². The van der Waals surface area contributed by atoms with Crippen molar-refractivity contribution in [2.45, 2.75) is 45.6 Å². The summed E-state index contributed by atoms with van der Waals surface area (Å²) in [5.41, 5.74) is 3.25. The maximum absolute atomic E-state index is 13.3. The smallest absolute Gasteiger partial charge is 0.273 e. The first-order valence-electron chi connectivity index (χ1n) is 11.2. The van der Waals surface area contributed by atoms with Gasteiger partial charge in [0.1, 0.15) is 22.9 Å². The molecule has 1 aliphatic rings. The molecule has 7 heteroatoms. The van der Waals surface area contributed by atoms with E-state index in [1.54, 1.807) is 18.2 Å². The molecular formula is C25H28ClN3O3. The maximum atomic E-state index is 13.3. The SMILES string of the molecule is CCCCOc1ccc(C2c3c(-c4cc(Cl)ccc4O)n[nH]c3C(=O)N2CCCC)cc1. The molecule has 3 aromatic rings. The number of unbranched alkanes of at least 4 members (excludes halogenated alkanes) is 2. The number of carbonyl (C=O) groups excluding carboxylic acids is 1. The number of halogens is 1. The molecule has 2 N–H and O–H groups in total. The summed E-state index contributed by atoms with van der Waals surface area (Å²) in [7, 11) is 0. The van der Waals surface area contributed by atoms with Gasteiger partial charge in [0.2, 0.25) is 0 Å². The van der Waals surface area contributed by atoms with Gasteiger partial charge in [-0.2, -0.15) is 5.10 Å². The minimum Gasteiger partial charge on any atom is -0.507 e. The van der Waals surface area contributed by atoms with E-state index in [-0.39, 0.29) is 17.7 Å². The molecule has 1 amide bonds. The van der Waals surface area contributed by atoms with Crippen molar-refractivity contribution in [1.82, 2.24) is 15.1 Å². The molecule has 4 rings (SSSR count). The van der Waals surface area contributed by atoms with Crippen molar-refractivity contribution in [3.8, 4) is 22.8 Å². The average Bonchev–Trinajstić information content (AvgIpc) is 3.33. The van der Waals surface area contributed by atoms with E-state index in [2.05, 4.69) is 24.0 Å². The fourth-order valence-electron chi connectivity index (χ4n) is 4.09. The Kier molecular flexibility index (Phi) is 6.70. The molecule has 2 aromatic carbocycles. The molecule has 0 bridgehead atoms. The zero-order valence-electron chi connectivity index (χ0n) is 18.4. The van der Waals surface area contributed by atoms with Crippen LogP contribution in [0.25, 0.3) is 11.3 Å². The second-order valence-electron chi connectivity index (χ2n) is 8.05. The highest BCUT2D eigenvalue weighted by atomic mass is 35.5. The number of hydrogen-bond acceptors (Lipinski definition) is 4. The molecule has 0 saturated carbocycles. The summed E-state index contributed by atoms with van der Waals surface area (Å²) in [6, 6.07) is 12.4. The lowest BCUT2D eigenvalue weighted by Crippen LogP contribution is -2.30. The molecule has 32 heavy (non-hydrogen) atoms. The van der Waals surface area contributed by atoms with E-state index in [0.717, 1.165) is 42.6 Å². The second-order valence-corrected chi connectivity index (χ2v) is 8.48. The number of nitrogens with zero attached hydrogens (tertiary/aromatic N) is 2. The molecule has 0 aliphatic carbocycles. The first-order chi connectivity index (χ1) is 15.5. The number of ether oxygens (including phenoxy) is 1. The lowest BCUT2D eigenvalue weighted by atomic mass is 9.95. The van der Waals surface area contributed by atoms with Crippen molar-refractivity contribution < 1.29 is 14.6 Å². The fourth-order valence-corrected chi connectivity index (χ4v) is 4.26. The van der Waals surface area contributed by atoms with Crippen LogP contribution in [0.15, 0.2) is 42.5 Å². The highest BCUT2D eigenvalue weighted by molar-refractivity contribution is 6.31. The van der Waals surface area contributed by atoms with Gasteiger partial charge in [0.25, 0.3) is 5.91 Å². The fraction of sp³-hybridized carbons (Fsp3) is 0.360. The van der Waals surface area contributed by atoms with Crippen LogP contribution in [0.5, 0.6) is 11.5 Å². The molecule has 6 nitrogen and oxygen atoms in total. The number of phenolic OH excluding ortho intramolecular Hbond substituents is 1. The molecule has 0 radical (unpaired) electrons. The quantitative estimate of drug-likeness (QED) is 0.392. The van der Waals surface area contributed by atoms with Crippen LogP contribution in [0.2, 0.25) is 5.02 Å². The van der Waals surface area contributed by atoms with Gasteiger partial charge in [-0.25, -0.2) is 0 Å². The minimum absolute atomic E-state index is 0.0709. The van der Waals surface area contributed by atoms with E-state index < -0.39 is 0 Å². The number of aromatic hydroxyl groups is 1. The summed E-state index contributed by atoms with van der Waals surface area (Å²) in [4.78, 5) is 15.1. The molecule has 0 spiro atoms. The first-order valence-corrected chi connectivity index (χ1v) is 11.5. The zero-order valence-corrected chi connectivity index (χ0v) is 19.2. The Morgan fingerprint density at radius 3 is 2.59 bits per heavy atom. The van der Waals surface area contributed by atoms with Crippen molar-refractivity contribution in [1.29, 1.82) is 0 Å².